The van der Waals surface area contributed by atoms with Crippen LogP contribution < -0.4 is 4.90 Å². The average molecular weight is 219 g/mol. The summed E-state index contributed by atoms with van der Waals surface area (Å²) < 4.78 is 4.63. The Morgan fingerprint density at radius 1 is 1.25 bits per heavy atom. The lowest BCUT2D eigenvalue weighted by molar-refractivity contribution is -0.135. The van der Waals surface area contributed by atoms with E-state index in [1.165, 1.54) is 7.11 Å². The van der Waals surface area contributed by atoms with Gasteiger partial charge in [0, 0.05) is 25.4 Å². The lowest BCUT2D eigenvalue weighted by atomic mass is 10.1. The zero-order chi connectivity index (χ0) is 12.1. The smallest absolute Gasteiger partial charge is 0.333 e. The summed E-state index contributed by atoms with van der Waals surface area (Å²) in [5.41, 5.74) is 2.72. The maximum Gasteiger partial charge on any atom is 0.333 e. The largest absolute Gasteiger partial charge is 0.466 e. The van der Waals surface area contributed by atoms with Crippen molar-refractivity contribution in [3.63, 3.8) is 0 Å². The lowest BCUT2D eigenvalue weighted by Crippen LogP contribution is -2.08. The number of anilines is 1. The van der Waals surface area contributed by atoms with Gasteiger partial charge in [-0.25, -0.2) is 4.79 Å². The summed E-state index contributed by atoms with van der Waals surface area (Å²) in [5, 5.41) is 0. The fourth-order valence-electron chi connectivity index (χ4n) is 1.34. The van der Waals surface area contributed by atoms with E-state index in [0.29, 0.717) is 5.57 Å². The van der Waals surface area contributed by atoms with E-state index in [-0.39, 0.29) is 5.97 Å². The van der Waals surface area contributed by atoms with Crippen LogP contribution in [0.3, 0.4) is 0 Å². The minimum Gasteiger partial charge on any atom is -0.466 e. The molecule has 0 unspecified atom stereocenters. The number of hydrogen-bond acceptors (Lipinski definition) is 3. The number of nitrogens with zero attached hydrogens (tertiary/aromatic N) is 1. The molecule has 0 aliphatic carbocycles. The van der Waals surface area contributed by atoms with E-state index >= 15 is 0 Å². The van der Waals surface area contributed by atoms with Crippen molar-refractivity contribution in [3.05, 3.63) is 35.4 Å². The summed E-state index contributed by atoms with van der Waals surface area (Å²) in [6.45, 7) is 1.74. The quantitative estimate of drug-likeness (QED) is 0.577. The fraction of sp³-hybridized carbons (Fsp3) is 0.308. The highest BCUT2D eigenvalue weighted by Gasteiger charge is 2.02. The highest BCUT2D eigenvalue weighted by Crippen LogP contribution is 2.14. The standard InChI is InChI=1S/C13H17NO2/c1-10(13(15)16-4)9-11-5-7-12(8-6-11)14(2)3/h5-9H,1-4H3/b10-9+. The number of hydrogen-bond donors (Lipinski definition) is 0. The van der Waals surface area contributed by atoms with Crippen molar-refractivity contribution >= 4 is 17.7 Å². The second-order valence-corrected chi connectivity index (χ2v) is 3.80. The second-order valence-electron chi connectivity index (χ2n) is 3.80. The maximum absolute atomic E-state index is 11.2. The molecule has 0 radical (unpaired) electrons. The fourth-order valence-corrected chi connectivity index (χ4v) is 1.34. The maximum atomic E-state index is 11.2. The Labute approximate surface area is 96.3 Å². The number of methoxy groups -OCH3 is 1. The molecule has 0 saturated carbocycles. The normalized spacial score (nSPS) is 11.1. The summed E-state index contributed by atoms with van der Waals surface area (Å²) in [4.78, 5) is 13.2. The molecule has 0 aliphatic rings. The van der Waals surface area contributed by atoms with Gasteiger partial charge in [-0.1, -0.05) is 12.1 Å². The number of esters is 1. The van der Waals surface area contributed by atoms with Crippen molar-refractivity contribution in [2.45, 2.75) is 6.92 Å². The molecule has 3 heteroatoms. The third kappa shape index (κ3) is 3.12. The van der Waals surface area contributed by atoms with E-state index in [1.54, 1.807) is 6.92 Å². The van der Waals surface area contributed by atoms with Crippen LogP contribution in [0.1, 0.15) is 12.5 Å². The Morgan fingerprint density at radius 3 is 2.25 bits per heavy atom. The Balaban J connectivity index is 2.87. The first-order valence-electron chi connectivity index (χ1n) is 5.08. The molecule has 1 rings (SSSR count). The van der Waals surface area contributed by atoms with Gasteiger partial charge >= 0.3 is 5.97 Å². The molecule has 1 aromatic rings. The van der Waals surface area contributed by atoms with Gasteiger partial charge in [0.25, 0.3) is 0 Å². The number of benzene rings is 1. The Hall–Kier alpha value is -1.77. The number of carbonyl (C=O) groups excluding carboxylic acids is 1. The minimum atomic E-state index is -0.295. The summed E-state index contributed by atoms with van der Waals surface area (Å²) in [6, 6.07) is 7.97. The molecule has 0 saturated heterocycles. The van der Waals surface area contributed by atoms with Gasteiger partial charge in [-0.3, -0.25) is 0 Å². The van der Waals surface area contributed by atoms with Crippen molar-refractivity contribution in [1.29, 1.82) is 0 Å². The molecule has 1 aromatic carbocycles. The van der Waals surface area contributed by atoms with Crippen LogP contribution in [0.15, 0.2) is 29.8 Å². The molecule has 0 spiro atoms. The molecule has 0 heterocycles. The van der Waals surface area contributed by atoms with Gasteiger partial charge in [0.15, 0.2) is 0 Å². The van der Waals surface area contributed by atoms with Crippen molar-refractivity contribution in [3.8, 4) is 0 Å². The van der Waals surface area contributed by atoms with Crippen LogP contribution in [0.5, 0.6) is 0 Å². The van der Waals surface area contributed by atoms with Crippen LogP contribution in [-0.4, -0.2) is 27.2 Å². The molecule has 0 N–H and O–H groups in total. The van der Waals surface area contributed by atoms with Gasteiger partial charge < -0.3 is 9.64 Å². The Morgan fingerprint density at radius 2 is 1.81 bits per heavy atom. The molecule has 0 fully saturated rings. The van der Waals surface area contributed by atoms with Crippen LogP contribution in [0, 0.1) is 0 Å². The van der Waals surface area contributed by atoms with Crippen molar-refractivity contribution in [2.24, 2.45) is 0 Å². The summed E-state index contributed by atoms with van der Waals surface area (Å²) in [6.07, 6.45) is 1.81. The second kappa shape index (κ2) is 5.35. The first kappa shape index (κ1) is 12.3. The van der Waals surface area contributed by atoms with Gasteiger partial charge in [-0.05, 0) is 30.7 Å². The molecule has 3 nitrogen and oxygen atoms in total. The molecule has 0 bridgehead atoms. The van der Waals surface area contributed by atoms with E-state index in [2.05, 4.69) is 4.74 Å². The summed E-state index contributed by atoms with van der Waals surface area (Å²) in [7, 11) is 5.36. The predicted molar refractivity (Wildman–Crippen MR) is 66.4 cm³/mol. The van der Waals surface area contributed by atoms with Crippen molar-refractivity contribution in [2.75, 3.05) is 26.1 Å². The third-order valence-electron chi connectivity index (χ3n) is 2.30. The van der Waals surface area contributed by atoms with Crippen LogP contribution in [0.4, 0.5) is 5.69 Å². The first-order chi connectivity index (χ1) is 7.54. The lowest BCUT2D eigenvalue weighted by Gasteiger charge is -2.11. The van der Waals surface area contributed by atoms with Crippen LogP contribution in [0.2, 0.25) is 0 Å². The van der Waals surface area contributed by atoms with E-state index < -0.39 is 0 Å². The van der Waals surface area contributed by atoms with Gasteiger partial charge in [0.1, 0.15) is 0 Å². The highest BCUT2D eigenvalue weighted by molar-refractivity contribution is 5.92. The first-order valence-corrected chi connectivity index (χ1v) is 5.08. The number of carbonyl (C=O) groups is 1. The molecule has 0 amide bonds. The zero-order valence-corrected chi connectivity index (χ0v) is 10.2. The van der Waals surface area contributed by atoms with E-state index in [4.69, 9.17) is 0 Å². The SMILES string of the molecule is COC(=O)/C(C)=C/c1ccc(N(C)C)cc1. The van der Waals surface area contributed by atoms with E-state index in [1.807, 2.05) is 49.3 Å². The molecule has 86 valence electrons. The van der Waals surface area contributed by atoms with Gasteiger partial charge in [0.05, 0.1) is 7.11 Å². The van der Waals surface area contributed by atoms with Crippen molar-refractivity contribution < 1.29 is 9.53 Å². The summed E-state index contributed by atoms with van der Waals surface area (Å²) in [5.74, 6) is -0.295. The van der Waals surface area contributed by atoms with E-state index in [9.17, 15) is 4.79 Å². The molecule has 0 atom stereocenters. The highest BCUT2D eigenvalue weighted by atomic mass is 16.5. The third-order valence-corrected chi connectivity index (χ3v) is 2.30. The Bertz CT molecular complexity index is 391. The topological polar surface area (TPSA) is 29.5 Å². The van der Waals surface area contributed by atoms with Crippen molar-refractivity contribution in [1.82, 2.24) is 0 Å². The monoisotopic (exact) mass is 219 g/mol. The molecule has 0 aromatic heterocycles. The van der Waals surface area contributed by atoms with E-state index in [0.717, 1.165) is 11.3 Å². The average Bonchev–Trinajstić information content (AvgIpc) is 2.28. The van der Waals surface area contributed by atoms with Gasteiger partial charge in [0.2, 0.25) is 0 Å². The molecule has 0 aliphatic heterocycles. The molecular formula is C13H17NO2. The zero-order valence-electron chi connectivity index (χ0n) is 10.2. The number of rotatable bonds is 3. The Kier molecular flexibility index (Phi) is 4.11. The van der Waals surface area contributed by atoms with Gasteiger partial charge in [-0.2, -0.15) is 0 Å². The van der Waals surface area contributed by atoms with Crippen LogP contribution >= 0.6 is 0 Å². The van der Waals surface area contributed by atoms with Crippen LogP contribution in [-0.2, 0) is 9.53 Å². The number of ether oxygens (including phenoxy) is 1. The molecule has 16 heavy (non-hydrogen) atoms. The van der Waals surface area contributed by atoms with Gasteiger partial charge in [-0.15, -0.1) is 0 Å². The molecular weight excluding hydrogens is 202 g/mol. The van der Waals surface area contributed by atoms with Crippen LogP contribution in [0.25, 0.3) is 6.08 Å². The predicted octanol–water partition coefficient (Wildman–Crippen LogP) is 2.33. The minimum absolute atomic E-state index is 0.295. The summed E-state index contributed by atoms with van der Waals surface area (Å²) >= 11 is 0.